The van der Waals surface area contributed by atoms with Gasteiger partial charge < -0.3 is 10.4 Å². The van der Waals surface area contributed by atoms with Gasteiger partial charge in [0.1, 0.15) is 6.04 Å². The topological polar surface area (TPSA) is 66.4 Å². The first-order valence-electron chi connectivity index (χ1n) is 13.5. The predicted molar refractivity (Wildman–Crippen MR) is 132 cm³/mol. The molecule has 0 aliphatic carbocycles. The monoisotopic (exact) mass is 439 g/mol. The standard InChI is InChI=1S/C27H53NO3/c1-4-6-7-8-9-10-11-12-13-14-15-16-17-18-19-20-21-22-23-25(29)28-26(27(30)31)24(3)5-2/h24,26H,4-23H2,1-3H3,(H,28,29)(H,30,31)/t24-,26-/m0/s1. The summed E-state index contributed by atoms with van der Waals surface area (Å²) < 4.78 is 0. The number of rotatable bonds is 23. The minimum absolute atomic E-state index is 0.0400. The lowest BCUT2D eigenvalue weighted by molar-refractivity contribution is -0.143. The number of carbonyl (C=O) groups excluding carboxylic acids is 1. The lowest BCUT2D eigenvalue weighted by atomic mass is 9.99. The number of carbonyl (C=O) groups is 2. The van der Waals surface area contributed by atoms with Gasteiger partial charge in [0, 0.05) is 6.42 Å². The molecule has 2 atom stereocenters. The van der Waals surface area contributed by atoms with Crippen LogP contribution in [0.25, 0.3) is 0 Å². The van der Waals surface area contributed by atoms with Crippen LogP contribution in [-0.2, 0) is 9.59 Å². The van der Waals surface area contributed by atoms with Crippen molar-refractivity contribution >= 4 is 11.9 Å². The zero-order valence-electron chi connectivity index (χ0n) is 21.1. The van der Waals surface area contributed by atoms with Crippen LogP contribution in [0.15, 0.2) is 0 Å². The first kappa shape index (κ1) is 29.9. The van der Waals surface area contributed by atoms with Crippen molar-refractivity contribution in [1.82, 2.24) is 5.32 Å². The zero-order valence-corrected chi connectivity index (χ0v) is 21.1. The van der Waals surface area contributed by atoms with Crippen molar-refractivity contribution in [3.63, 3.8) is 0 Å². The number of hydrogen-bond donors (Lipinski definition) is 2. The van der Waals surface area contributed by atoms with Crippen molar-refractivity contribution < 1.29 is 14.7 Å². The van der Waals surface area contributed by atoms with Crippen LogP contribution in [0.5, 0.6) is 0 Å². The second kappa shape index (κ2) is 22.1. The Kier molecular flexibility index (Phi) is 21.4. The van der Waals surface area contributed by atoms with Gasteiger partial charge in [-0.05, 0) is 12.3 Å². The smallest absolute Gasteiger partial charge is 0.326 e. The molecule has 0 unspecified atom stereocenters. The van der Waals surface area contributed by atoms with E-state index < -0.39 is 12.0 Å². The summed E-state index contributed by atoms with van der Waals surface area (Å²) >= 11 is 0. The molecule has 0 fully saturated rings. The van der Waals surface area contributed by atoms with E-state index in [2.05, 4.69) is 12.2 Å². The molecule has 0 aromatic rings. The zero-order chi connectivity index (χ0) is 23.2. The van der Waals surface area contributed by atoms with Gasteiger partial charge in [-0.3, -0.25) is 4.79 Å². The van der Waals surface area contributed by atoms with Crippen LogP contribution in [0.2, 0.25) is 0 Å². The number of carboxylic acids is 1. The highest BCUT2D eigenvalue weighted by molar-refractivity contribution is 5.83. The Labute approximate surface area is 193 Å². The van der Waals surface area contributed by atoms with Gasteiger partial charge in [0.05, 0.1) is 0 Å². The molecule has 0 radical (unpaired) electrons. The molecule has 2 N–H and O–H groups in total. The van der Waals surface area contributed by atoms with Crippen LogP contribution in [-0.4, -0.2) is 23.0 Å². The van der Waals surface area contributed by atoms with Crippen molar-refractivity contribution in [3.05, 3.63) is 0 Å². The highest BCUT2D eigenvalue weighted by Gasteiger charge is 2.24. The second-order valence-electron chi connectivity index (χ2n) is 9.53. The molecule has 0 saturated heterocycles. The maximum absolute atomic E-state index is 12.0. The number of hydrogen-bond acceptors (Lipinski definition) is 2. The summed E-state index contributed by atoms with van der Waals surface area (Å²) in [6, 6.07) is -0.756. The fraction of sp³-hybridized carbons (Fsp3) is 0.926. The summed E-state index contributed by atoms with van der Waals surface area (Å²) in [5.41, 5.74) is 0. The van der Waals surface area contributed by atoms with Crippen molar-refractivity contribution in [2.24, 2.45) is 5.92 Å². The first-order chi connectivity index (χ1) is 15.0. The Morgan fingerprint density at radius 3 is 1.32 bits per heavy atom. The molecule has 0 aromatic carbocycles. The van der Waals surface area contributed by atoms with Gasteiger partial charge in [0.25, 0.3) is 0 Å². The van der Waals surface area contributed by atoms with Crippen LogP contribution in [0, 0.1) is 5.92 Å². The minimum Gasteiger partial charge on any atom is -0.480 e. The third-order valence-electron chi connectivity index (χ3n) is 6.55. The molecule has 0 saturated carbocycles. The van der Waals surface area contributed by atoms with E-state index in [0.29, 0.717) is 6.42 Å². The van der Waals surface area contributed by atoms with Gasteiger partial charge >= 0.3 is 5.97 Å². The predicted octanol–water partition coefficient (Wildman–Crippen LogP) is 8.03. The molecule has 0 aromatic heterocycles. The molecular formula is C27H53NO3. The Morgan fingerprint density at radius 1 is 0.645 bits per heavy atom. The van der Waals surface area contributed by atoms with Gasteiger partial charge in [-0.2, -0.15) is 0 Å². The van der Waals surface area contributed by atoms with E-state index in [1.807, 2.05) is 13.8 Å². The Bertz CT molecular complexity index is 425. The highest BCUT2D eigenvalue weighted by atomic mass is 16.4. The molecule has 4 nitrogen and oxygen atoms in total. The van der Waals surface area contributed by atoms with Crippen molar-refractivity contribution in [2.75, 3.05) is 0 Å². The van der Waals surface area contributed by atoms with Crippen molar-refractivity contribution in [2.45, 2.75) is 155 Å². The van der Waals surface area contributed by atoms with Crippen molar-refractivity contribution in [1.29, 1.82) is 0 Å². The van der Waals surface area contributed by atoms with Crippen LogP contribution in [0.3, 0.4) is 0 Å². The molecule has 0 rings (SSSR count). The minimum atomic E-state index is -0.930. The summed E-state index contributed by atoms with van der Waals surface area (Å²) in [7, 11) is 0. The van der Waals surface area contributed by atoms with Crippen molar-refractivity contribution in [3.8, 4) is 0 Å². The second-order valence-corrected chi connectivity index (χ2v) is 9.53. The Morgan fingerprint density at radius 2 is 1.00 bits per heavy atom. The summed E-state index contributed by atoms with van der Waals surface area (Å²) in [6.45, 7) is 6.10. The van der Waals surface area contributed by atoms with Crippen LogP contribution < -0.4 is 5.32 Å². The van der Waals surface area contributed by atoms with E-state index in [1.165, 1.54) is 103 Å². The average molecular weight is 440 g/mol. The van der Waals surface area contributed by atoms with Gasteiger partial charge in [-0.15, -0.1) is 0 Å². The molecule has 0 heterocycles. The summed E-state index contributed by atoms with van der Waals surface area (Å²) in [6.07, 6.45) is 25.1. The number of aliphatic carboxylic acids is 1. The third-order valence-corrected chi connectivity index (χ3v) is 6.55. The summed E-state index contributed by atoms with van der Waals surface area (Å²) in [5.74, 6) is -1.09. The lowest BCUT2D eigenvalue weighted by Crippen LogP contribution is -2.44. The van der Waals surface area contributed by atoms with Gasteiger partial charge in [0.2, 0.25) is 5.91 Å². The fourth-order valence-corrected chi connectivity index (χ4v) is 4.12. The molecule has 4 heteroatoms. The van der Waals surface area contributed by atoms with E-state index in [1.54, 1.807) is 0 Å². The van der Waals surface area contributed by atoms with Crippen LogP contribution in [0.4, 0.5) is 0 Å². The normalized spacial score (nSPS) is 13.1. The van der Waals surface area contributed by atoms with Gasteiger partial charge in [-0.1, -0.05) is 136 Å². The van der Waals surface area contributed by atoms with Gasteiger partial charge in [-0.25, -0.2) is 4.79 Å². The molecule has 0 aliphatic heterocycles. The Balaban J connectivity index is 3.36. The molecule has 1 amide bonds. The van der Waals surface area contributed by atoms with Gasteiger partial charge in [0.15, 0.2) is 0 Å². The SMILES string of the molecule is CCCCCCCCCCCCCCCCCCCCC(=O)N[C@H](C(=O)O)[C@@H](C)CC. The molecule has 0 aliphatic rings. The van der Waals surface area contributed by atoms with E-state index in [0.717, 1.165) is 19.3 Å². The first-order valence-corrected chi connectivity index (χ1v) is 13.5. The van der Waals surface area contributed by atoms with E-state index >= 15 is 0 Å². The maximum Gasteiger partial charge on any atom is 0.326 e. The largest absolute Gasteiger partial charge is 0.480 e. The fourth-order valence-electron chi connectivity index (χ4n) is 4.12. The summed E-state index contributed by atoms with van der Waals surface area (Å²) in [4.78, 5) is 23.2. The average Bonchev–Trinajstić information content (AvgIpc) is 2.75. The molecule has 184 valence electrons. The number of amides is 1. The molecule has 0 bridgehead atoms. The quantitative estimate of drug-likeness (QED) is 0.158. The molecule has 31 heavy (non-hydrogen) atoms. The molecule has 0 spiro atoms. The lowest BCUT2D eigenvalue weighted by Gasteiger charge is -2.20. The van der Waals surface area contributed by atoms with E-state index in [4.69, 9.17) is 0 Å². The maximum atomic E-state index is 12.0. The molecular weight excluding hydrogens is 386 g/mol. The Hall–Kier alpha value is -1.06. The third kappa shape index (κ3) is 19.4. The number of carboxylic acid groups (broad SMARTS) is 1. The van der Waals surface area contributed by atoms with E-state index in [9.17, 15) is 14.7 Å². The van der Waals surface area contributed by atoms with Crippen LogP contribution >= 0.6 is 0 Å². The highest BCUT2D eigenvalue weighted by Crippen LogP contribution is 2.15. The summed E-state index contributed by atoms with van der Waals surface area (Å²) in [5, 5.41) is 11.9. The number of nitrogens with one attached hydrogen (secondary N) is 1. The van der Waals surface area contributed by atoms with E-state index in [-0.39, 0.29) is 11.8 Å². The number of unbranched alkanes of at least 4 members (excludes halogenated alkanes) is 17. The van der Waals surface area contributed by atoms with Crippen LogP contribution in [0.1, 0.15) is 149 Å².